The highest BCUT2D eigenvalue weighted by Gasteiger charge is 2.57. The Morgan fingerprint density at radius 2 is 2.00 bits per heavy atom. The average Bonchev–Trinajstić information content (AvgIpc) is 3.21. The summed E-state index contributed by atoms with van der Waals surface area (Å²) < 4.78 is 5.59. The van der Waals surface area contributed by atoms with Crippen molar-refractivity contribution in [2.45, 2.75) is 38.1 Å². The summed E-state index contributed by atoms with van der Waals surface area (Å²) in [5.41, 5.74) is 1.66. The third-order valence-corrected chi connectivity index (χ3v) is 5.44. The molecule has 1 atom stereocenters. The van der Waals surface area contributed by atoms with Gasteiger partial charge in [0.25, 0.3) is 0 Å². The Morgan fingerprint density at radius 1 is 1.24 bits per heavy atom. The summed E-state index contributed by atoms with van der Waals surface area (Å²) in [6, 6.07) is 10.8. The molecule has 112 valence electrons. The first-order valence-corrected chi connectivity index (χ1v) is 8.21. The second-order valence-electron chi connectivity index (χ2n) is 7.01. The number of hydrogen-bond donors (Lipinski definition) is 0. The van der Waals surface area contributed by atoms with Crippen LogP contribution in [0.15, 0.2) is 30.3 Å². The number of nitrogens with zero attached hydrogens (tertiary/aromatic N) is 1. The lowest BCUT2D eigenvalue weighted by molar-refractivity contribution is -0.173. The number of ether oxygens (including phenoxy) is 1. The molecule has 0 radical (unpaired) electrons. The molecule has 4 rings (SSSR count). The van der Waals surface area contributed by atoms with E-state index in [1.807, 2.05) is 11.0 Å². The smallest absolute Gasteiger partial charge is 0.249 e. The average molecular weight is 285 g/mol. The molecule has 0 aromatic heterocycles. The van der Waals surface area contributed by atoms with E-state index in [1.54, 1.807) is 0 Å². The van der Waals surface area contributed by atoms with Crippen LogP contribution < -0.4 is 0 Å². The molecule has 1 amide bonds. The minimum Gasteiger partial charge on any atom is -0.371 e. The molecule has 1 saturated heterocycles. The van der Waals surface area contributed by atoms with E-state index < -0.39 is 0 Å². The van der Waals surface area contributed by atoms with Gasteiger partial charge in [-0.2, -0.15) is 0 Å². The van der Waals surface area contributed by atoms with Gasteiger partial charge in [0.2, 0.25) is 5.91 Å². The first-order chi connectivity index (χ1) is 10.3. The van der Waals surface area contributed by atoms with Gasteiger partial charge in [0.05, 0.1) is 12.6 Å². The normalized spacial score (nSPS) is 26.3. The van der Waals surface area contributed by atoms with E-state index in [0.717, 1.165) is 19.1 Å². The van der Waals surface area contributed by atoms with Crippen molar-refractivity contribution in [3.63, 3.8) is 0 Å². The zero-order chi connectivity index (χ0) is 14.3. The minimum absolute atomic E-state index is 0.169. The fourth-order valence-corrected chi connectivity index (χ4v) is 3.88. The summed E-state index contributed by atoms with van der Waals surface area (Å²) >= 11 is 0. The monoisotopic (exact) mass is 285 g/mol. The van der Waals surface area contributed by atoms with Crippen LogP contribution in [-0.2, 0) is 9.53 Å². The van der Waals surface area contributed by atoms with Gasteiger partial charge in [-0.05, 0) is 37.2 Å². The fourth-order valence-electron chi connectivity index (χ4n) is 3.88. The van der Waals surface area contributed by atoms with Gasteiger partial charge in [-0.15, -0.1) is 0 Å². The van der Waals surface area contributed by atoms with Crippen LogP contribution in [0.25, 0.3) is 0 Å². The lowest BCUT2D eigenvalue weighted by atomic mass is 9.56. The van der Waals surface area contributed by atoms with Crippen LogP contribution in [0.2, 0.25) is 0 Å². The predicted octanol–water partition coefficient (Wildman–Crippen LogP) is 3.17. The third-order valence-electron chi connectivity index (χ3n) is 5.44. The van der Waals surface area contributed by atoms with Crippen LogP contribution in [0.4, 0.5) is 0 Å². The number of amides is 1. The lowest BCUT2D eigenvalue weighted by Gasteiger charge is -2.62. The van der Waals surface area contributed by atoms with Crippen molar-refractivity contribution in [1.29, 1.82) is 0 Å². The van der Waals surface area contributed by atoms with Crippen LogP contribution in [0.1, 0.15) is 43.7 Å². The maximum absolute atomic E-state index is 12.4. The Kier molecular flexibility index (Phi) is 3.26. The molecule has 0 bridgehead atoms. The molecule has 2 aliphatic carbocycles. The topological polar surface area (TPSA) is 29.5 Å². The maximum Gasteiger partial charge on any atom is 0.249 e. The zero-order valence-corrected chi connectivity index (χ0v) is 12.5. The van der Waals surface area contributed by atoms with Gasteiger partial charge in [0.15, 0.2) is 0 Å². The molecule has 3 aliphatic rings. The standard InChI is InChI=1S/C18H23NO2/c20-16(12-21-11-14-7-8-14)19-13-18(9-4-10-18)17(19)15-5-2-1-3-6-15/h1-3,5-6,14,17H,4,7-13H2. The Bertz CT molecular complexity index is 519. The van der Waals surface area contributed by atoms with E-state index in [1.165, 1.54) is 37.7 Å². The fraction of sp³-hybridized carbons (Fsp3) is 0.611. The predicted molar refractivity (Wildman–Crippen MR) is 80.7 cm³/mol. The molecule has 1 heterocycles. The molecule has 1 aromatic rings. The quantitative estimate of drug-likeness (QED) is 0.831. The van der Waals surface area contributed by atoms with E-state index >= 15 is 0 Å². The molecular formula is C18H23NO2. The van der Waals surface area contributed by atoms with Crippen LogP contribution in [0.3, 0.4) is 0 Å². The maximum atomic E-state index is 12.4. The van der Waals surface area contributed by atoms with Crippen molar-refractivity contribution in [1.82, 2.24) is 4.90 Å². The summed E-state index contributed by atoms with van der Waals surface area (Å²) in [6.07, 6.45) is 6.38. The number of carbonyl (C=O) groups is 1. The summed E-state index contributed by atoms with van der Waals surface area (Å²) in [5, 5.41) is 0. The van der Waals surface area contributed by atoms with Crippen molar-refractivity contribution in [3.8, 4) is 0 Å². The molecule has 21 heavy (non-hydrogen) atoms. The first-order valence-electron chi connectivity index (χ1n) is 8.21. The summed E-state index contributed by atoms with van der Waals surface area (Å²) in [7, 11) is 0. The largest absolute Gasteiger partial charge is 0.371 e. The molecule has 1 aromatic carbocycles. The second kappa shape index (κ2) is 5.13. The van der Waals surface area contributed by atoms with Crippen molar-refractivity contribution in [3.05, 3.63) is 35.9 Å². The number of carbonyl (C=O) groups excluding carboxylic acids is 1. The molecule has 2 saturated carbocycles. The van der Waals surface area contributed by atoms with Gasteiger partial charge < -0.3 is 9.64 Å². The van der Waals surface area contributed by atoms with Crippen LogP contribution in [-0.4, -0.2) is 30.6 Å². The second-order valence-corrected chi connectivity index (χ2v) is 7.01. The zero-order valence-electron chi connectivity index (χ0n) is 12.5. The Labute approximate surface area is 126 Å². The van der Waals surface area contributed by atoms with Gasteiger partial charge in [0, 0.05) is 12.0 Å². The summed E-state index contributed by atoms with van der Waals surface area (Å²) in [6.45, 7) is 1.95. The van der Waals surface area contributed by atoms with E-state index in [-0.39, 0.29) is 18.6 Å². The summed E-state index contributed by atoms with van der Waals surface area (Å²) in [5.74, 6) is 0.888. The number of hydrogen-bond acceptors (Lipinski definition) is 2. The van der Waals surface area contributed by atoms with Gasteiger partial charge >= 0.3 is 0 Å². The van der Waals surface area contributed by atoms with Gasteiger partial charge in [-0.25, -0.2) is 0 Å². The van der Waals surface area contributed by atoms with Crippen LogP contribution >= 0.6 is 0 Å². The minimum atomic E-state index is 0.169. The Morgan fingerprint density at radius 3 is 2.62 bits per heavy atom. The number of benzene rings is 1. The summed E-state index contributed by atoms with van der Waals surface area (Å²) in [4.78, 5) is 14.5. The molecule has 1 unspecified atom stereocenters. The van der Waals surface area contributed by atoms with Crippen molar-refractivity contribution in [2.75, 3.05) is 19.8 Å². The van der Waals surface area contributed by atoms with Crippen LogP contribution in [0.5, 0.6) is 0 Å². The molecule has 1 spiro atoms. The van der Waals surface area contributed by atoms with E-state index in [9.17, 15) is 4.79 Å². The van der Waals surface area contributed by atoms with Gasteiger partial charge in [-0.3, -0.25) is 4.79 Å². The van der Waals surface area contributed by atoms with Crippen molar-refractivity contribution < 1.29 is 9.53 Å². The number of likely N-dealkylation sites (tertiary alicyclic amines) is 1. The lowest BCUT2D eigenvalue weighted by Crippen LogP contribution is -2.64. The van der Waals surface area contributed by atoms with Gasteiger partial charge in [0.1, 0.15) is 6.61 Å². The number of rotatable bonds is 5. The third kappa shape index (κ3) is 2.38. The first kappa shape index (κ1) is 13.3. The SMILES string of the molecule is O=C(COCC1CC1)N1CC2(CCC2)C1c1ccccc1. The van der Waals surface area contributed by atoms with Crippen molar-refractivity contribution >= 4 is 5.91 Å². The molecular weight excluding hydrogens is 262 g/mol. The highest BCUT2D eigenvalue weighted by atomic mass is 16.5. The van der Waals surface area contributed by atoms with Crippen molar-refractivity contribution in [2.24, 2.45) is 11.3 Å². The van der Waals surface area contributed by atoms with E-state index in [4.69, 9.17) is 4.74 Å². The van der Waals surface area contributed by atoms with E-state index in [2.05, 4.69) is 24.3 Å². The van der Waals surface area contributed by atoms with Crippen LogP contribution in [0, 0.1) is 11.3 Å². The molecule has 3 heteroatoms. The molecule has 3 fully saturated rings. The van der Waals surface area contributed by atoms with Gasteiger partial charge in [-0.1, -0.05) is 36.8 Å². The molecule has 3 nitrogen and oxygen atoms in total. The highest BCUT2D eigenvalue weighted by Crippen LogP contribution is 2.60. The highest BCUT2D eigenvalue weighted by molar-refractivity contribution is 5.79. The van der Waals surface area contributed by atoms with E-state index in [0.29, 0.717) is 5.41 Å². The Hall–Kier alpha value is -1.35. The Balaban J connectivity index is 1.43. The molecule has 0 N–H and O–H groups in total. The molecule has 1 aliphatic heterocycles.